The predicted molar refractivity (Wildman–Crippen MR) is 152 cm³/mol. The molecule has 0 bridgehead atoms. The molecule has 0 atom stereocenters. The molecule has 198 valence electrons. The lowest BCUT2D eigenvalue weighted by atomic mass is 10.1. The second kappa shape index (κ2) is 11.7. The maximum absolute atomic E-state index is 12.5. The van der Waals surface area contributed by atoms with Crippen molar-refractivity contribution in [3.05, 3.63) is 89.5 Å². The third-order valence-corrected chi connectivity index (χ3v) is 5.67. The van der Waals surface area contributed by atoms with Crippen LogP contribution in [0.25, 0.3) is 5.69 Å². The van der Waals surface area contributed by atoms with Gasteiger partial charge in [-0.2, -0.15) is 5.10 Å². The van der Waals surface area contributed by atoms with Crippen LogP contribution in [0.15, 0.2) is 72.8 Å². The highest BCUT2D eigenvalue weighted by Crippen LogP contribution is 2.25. The van der Waals surface area contributed by atoms with E-state index in [9.17, 15) is 9.59 Å². The SMILES string of the molecule is CN/C=C(\C=N)C(=O)Nc1cccc(-n2cc(C)c(Nc3ccc(NC(=O)c4cnn(C)c4)c(C=N)c3)n2)c1. The molecule has 2 heterocycles. The molecule has 0 radical (unpaired) electrons. The number of hydrogen-bond donors (Lipinski definition) is 6. The number of amides is 2. The highest BCUT2D eigenvalue weighted by Gasteiger charge is 2.13. The van der Waals surface area contributed by atoms with Crippen LogP contribution in [0, 0.1) is 17.7 Å². The molecule has 0 saturated carbocycles. The van der Waals surface area contributed by atoms with Crippen molar-refractivity contribution in [2.75, 3.05) is 23.0 Å². The molecule has 0 unspecified atom stereocenters. The van der Waals surface area contributed by atoms with E-state index >= 15 is 0 Å². The van der Waals surface area contributed by atoms with Crippen LogP contribution in [0.5, 0.6) is 0 Å². The molecule has 0 fully saturated rings. The number of carbonyl (C=O) groups excluding carboxylic acids is 2. The van der Waals surface area contributed by atoms with Gasteiger partial charge in [0.1, 0.15) is 0 Å². The van der Waals surface area contributed by atoms with Crippen molar-refractivity contribution in [3.8, 4) is 5.69 Å². The second-order valence-corrected chi connectivity index (χ2v) is 8.57. The van der Waals surface area contributed by atoms with Gasteiger partial charge in [-0.3, -0.25) is 14.3 Å². The van der Waals surface area contributed by atoms with Gasteiger partial charge in [-0.25, -0.2) is 4.68 Å². The van der Waals surface area contributed by atoms with E-state index in [4.69, 9.17) is 10.8 Å². The molecule has 4 rings (SSSR count). The molecule has 0 saturated heterocycles. The van der Waals surface area contributed by atoms with Crippen molar-refractivity contribution in [3.63, 3.8) is 0 Å². The minimum Gasteiger partial charge on any atom is -0.393 e. The van der Waals surface area contributed by atoms with Gasteiger partial charge in [-0.15, -0.1) is 5.10 Å². The number of nitrogens with zero attached hydrogens (tertiary/aromatic N) is 4. The number of rotatable bonds is 10. The fourth-order valence-electron chi connectivity index (χ4n) is 3.72. The topological polar surface area (TPSA) is 166 Å². The molecule has 0 aliphatic heterocycles. The maximum Gasteiger partial charge on any atom is 0.258 e. The maximum atomic E-state index is 12.5. The molecule has 39 heavy (non-hydrogen) atoms. The zero-order valence-corrected chi connectivity index (χ0v) is 21.6. The molecule has 0 spiro atoms. The van der Waals surface area contributed by atoms with Gasteiger partial charge < -0.3 is 32.1 Å². The lowest BCUT2D eigenvalue weighted by Crippen LogP contribution is -2.17. The largest absolute Gasteiger partial charge is 0.393 e. The fourth-order valence-corrected chi connectivity index (χ4v) is 3.72. The van der Waals surface area contributed by atoms with Crippen molar-refractivity contribution in [2.45, 2.75) is 6.92 Å². The Morgan fingerprint density at radius 3 is 2.54 bits per heavy atom. The Morgan fingerprint density at radius 2 is 1.85 bits per heavy atom. The minimum atomic E-state index is -0.405. The van der Waals surface area contributed by atoms with E-state index in [-0.39, 0.29) is 11.5 Å². The Kier molecular flexibility index (Phi) is 7.95. The zero-order chi connectivity index (χ0) is 27.9. The number of aryl methyl sites for hydroxylation is 2. The van der Waals surface area contributed by atoms with Crippen molar-refractivity contribution >= 4 is 47.1 Å². The first-order valence-electron chi connectivity index (χ1n) is 11.9. The van der Waals surface area contributed by atoms with Crippen LogP contribution in [-0.4, -0.2) is 50.9 Å². The van der Waals surface area contributed by atoms with Crippen LogP contribution in [-0.2, 0) is 11.8 Å². The lowest BCUT2D eigenvalue weighted by molar-refractivity contribution is -0.112. The van der Waals surface area contributed by atoms with Crippen molar-refractivity contribution in [1.29, 1.82) is 10.8 Å². The number of benzene rings is 2. The average molecular weight is 525 g/mol. The fraction of sp³-hybridized carbons (Fsp3) is 0.111. The summed E-state index contributed by atoms with van der Waals surface area (Å²) in [6, 6.07) is 12.5. The Bertz CT molecular complexity index is 1580. The van der Waals surface area contributed by atoms with E-state index in [1.54, 1.807) is 66.1 Å². The van der Waals surface area contributed by atoms with Gasteiger partial charge in [0, 0.05) is 73.3 Å². The summed E-state index contributed by atoms with van der Waals surface area (Å²) >= 11 is 0. The molecular formula is C27H28N10O2. The van der Waals surface area contributed by atoms with Gasteiger partial charge in [0.2, 0.25) is 0 Å². The van der Waals surface area contributed by atoms with E-state index in [1.807, 2.05) is 19.2 Å². The van der Waals surface area contributed by atoms with Crippen molar-refractivity contribution in [2.24, 2.45) is 7.05 Å². The first-order valence-corrected chi connectivity index (χ1v) is 11.9. The van der Waals surface area contributed by atoms with Crippen LogP contribution in [0.1, 0.15) is 21.5 Å². The van der Waals surface area contributed by atoms with Crippen molar-refractivity contribution in [1.82, 2.24) is 24.9 Å². The van der Waals surface area contributed by atoms with Gasteiger partial charge in [0.05, 0.1) is 23.0 Å². The molecule has 0 aliphatic carbocycles. The standard InChI is InChI=1S/C27H28N10O2/c1-17-15-37(23-6-4-5-21(10-23)33-26(38)19(12-29)13-30-2)35-25(17)32-22-7-8-24(18(9-22)11-28)34-27(39)20-14-31-36(3)16-20/h4-16,28-30H,1-3H3,(H,32,35)(H,33,38)(H,34,39)/b19-13+,28-11?,29-12?. The minimum absolute atomic E-state index is 0.191. The van der Waals surface area contributed by atoms with E-state index in [0.717, 1.165) is 17.5 Å². The van der Waals surface area contributed by atoms with Gasteiger partial charge in [0.15, 0.2) is 5.82 Å². The lowest BCUT2D eigenvalue weighted by Gasteiger charge is -2.11. The summed E-state index contributed by atoms with van der Waals surface area (Å²) in [6.07, 6.45) is 8.55. The van der Waals surface area contributed by atoms with E-state index in [2.05, 4.69) is 31.5 Å². The zero-order valence-electron chi connectivity index (χ0n) is 21.6. The number of anilines is 4. The second-order valence-electron chi connectivity index (χ2n) is 8.57. The van der Waals surface area contributed by atoms with Crippen LogP contribution in [0.3, 0.4) is 0 Å². The molecule has 2 aromatic carbocycles. The van der Waals surface area contributed by atoms with E-state index in [0.29, 0.717) is 34.0 Å². The Labute approximate surface area is 224 Å². The monoisotopic (exact) mass is 524 g/mol. The summed E-state index contributed by atoms with van der Waals surface area (Å²) in [5.41, 5.74) is 4.49. The number of aromatic nitrogens is 4. The summed E-state index contributed by atoms with van der Waals surface area (Å²) in [4.78, 5) is 24.9. The Hall–Kier alpha value is -5.52. The molecule has 4 aromatic rings. The molecule has 12 heteroatoms. The molecule has 2 aromatic heterocycles. The Balaban J connectivity index is 1.50. The highest BCUT2D eigenvalue weighted by atomic mass is 16.2. The van der Waals surface area contributed by atoms with Gasteiger partial charge in [-0.1, -0.05) is 6.07 Å². The molecule has 2 amide bonds. The first kappa shape index (κ1) is 26.5. The summed E-state index contributed by atoms with van der Waals surface area (Å²) in [7, 11) is 3.39. The molecule has 12 nitrogen and oxygen atoms in total. The third-order valence-electron chi connectivity index (χ3n) is 5.67. The van der Waals surface area contributed by atoms with Gasteiger partial charge >= 0.3 is 0 Å². The normalized spacial score (nSPS) is 11.0. The van der Waals surface area contributed by atoms with Crippen LogP contribution >= 0.6 is 0 Å². The van der Waals surface area contributed by atoms with E-state index in [1.165, 1.54) is 18.6 Å². The van der Waals surface area contributed by atoms with E-state index < -0.39 is 5.91 Å². The quantitative estimate of drug-likeness (QED) is 0.137. The summed E-state index contributed by atoms with van der Waals surface area (Å²) in [5.74, 6) is -0.111. The van der Waals surface area contributed by atoms with Crippen LogP contribution in [0.4, 0.5) is 22.9 Å². The molecular weight excluding hydrogens is 496 g/mol. The molecule has 6 N–H and O–H groups in total. The smallest absolute Gasteiger partial charge is 0.258 e. The summed E-state index contributed by atoms with van der Waals surface area (Å²) in [6.45, 7) is 1.91. The van der Waals surface area contributed by atoms with Crippen LogP contribution < -0.4 is 21.3 Å². The average Bonchev–Trinajstić information content (AvgIpc) is 3.53. The van der Waals surface area contributed by atoms with Gasteiger partial charge in [-0.05, 0) is 43.3 Å². The Morgan fingerprint density at radius 1 is 1.03 bits per heavy atom. The van der Waals surface area contributed by atoms with Crippen molar-refractivity contribution < 1.29 is 9.59 Å². The van der Waals surface area contributed by atoms with Crippen LogP contribution in [0.2, 0.25) is 0 Å². The number of nitrogens with one attached hydrogen (secondary N) is 6. The first-order chi connectivity index (χ1) is 18.8. The van der Waals surface area contributed by atoms with Gasteiger partial charge in [0.25, 0.3) is 11.8 Å². The third kappa shape index (κ3) is 6.25. The summed E-state index contributed by atoms with van der Waals surface area (Å²) < 4.78 is 3.23. The number of carbonyl (C=O) groups is 2. The molecule has 0 aliphatic rings. The number of hydrogen-bond acceptors (Lipinski definition) is 8. The summed E-state index contributed by atoms with van der Waals surface area (Å²) in [5, 5.41) is 35.5. The predicted octanol–water partition coefficient (Wildman–Crippen LogP) is 3.60. The highest BCUT2D eigenvalue weighted by molar-refractivity contribution is 6.17.